The Hall–Kier alpha value is -3.45. The molecule has 1 aliphatic carbocycles. The maximum Gasteiger partial charge on any atom is 0.421 e. The van der Waals surface area contributed by atoms with E-state index in [0.29, 0.717) is 36.7 Å². The number of hydrogen-bond acceptors (Lipinski definition) is 8. The van der Waals surface area contributed by atoms with Crippen molar-refractivity contribution >= 4 is 29.3 Å². The van der Waals surface area contributed by atoms with Crippen molar-refractivity contribution in [3.8, 4) is 0 Å². The van der Waals surface area contributed by atoms with E-state index in [1.807, 2.05) is 0 Å². The summed E-state index contributed by atoms with van der Waals surface area (Å²) in [6.07, 6.45) is -0.530. The van der Waals surface area contributed by atoms with Gasteiger partial charge >= 0.3 is 6.18 Å². The summed E-state index contributed by atoms with van der Waals surface area (Å²) >= 11 is 0. The zero-order chi connectivity index (χ0) is 30.7. The number of benzene rings is 1. The second-order valence-electron chi connectivity index (χ2n) is 11.9. The van der Waals surface area contributed by atoms with E-state index < -0.39 is 35.1 Å². The van der Waals surface area contributed by atoms with E-state index in [4.69, 9.17) is 0 Å². The van der Waals surface area contributed by atoms with Crippen LogP contribution in [0.5, 0.6) is 0 Å². The number of amides is 2. The summed E-state index contributed by atoms with van der Waals surface area (Å²) in [5.41, 5.74) is -0.876. The van der Waals surface area contributed by atoms with Crippen molar-refractivity contribution < 1.29 is 27.9 Å². The summed E-state index contributed by atoms with van der Waals surface area (Å²) in [6.45, 7) is 4.94. The van der Waals surface area contributed by atoms with Gasteiger partial charge in [-0.3, -0.25) is 9.59 Å². The molecule has 1 aliphatic heterocycles. The van der Waals surface area contributed by atoms with Gasteiger partial charge in [-0.15, -0.1) is 0 Å². The van der Waals surface area contributed by atoms with E-state index in [1.165, 1.54) is 0 Å². The van der Waals surface area contributed by atoms with Gasteiger partial charge in [-0.1, -0.05) is 6.42 Å². The third kappa shape index (κ3) is 7.68. The molecule has 2 aliphatic rings. The summed E-state index contributed by atoms with van der Waals surface area (Å²) < 4.78 is 41.6. The lowest BCUT2D eigenvalue weighted by Crippen LogP contribution is -2.50. The number of aliphatic hydroxyl groups excluding tert-OH is 1. The van der Waals surface area contributed by atoms with E-state index in [0.717, 1.165) is 25.9 Å². The molecule has 13 heteroatoms. The second kappa shape index (κ2) is 12.8. The van der Waals surface area contributed by atoms with E-state index in [9.17, 15) is 27.9 Å². The molecule has 0 bridgehead atoms. The first-order valence-corrected chi connectivity index (χ1v) is 14.2. The van der Waals surface area contributed by atoms with Gasteiger partial charge in [0.15, 0.2) is 0 Å². The number of anilines is 3. The number of hydrogen-bond donors (Lipinski definition) is 4. The number of rotatable bonds is 9. The molecule has 0 radical (unpaired) electrons. The van der Waals surface area contributed by atoms with Gasteiger partial charge in [0.1, 0.15) is 11.4 Å². The van der Waals surface area contributed by atoms with E-state index in [2.05, 4.69) is 37.9 Å². The fourth-order valence-corrected chi connectivity index (χ4v) is 5.42. The molecule has 2 amide bonds. The molecular weight excluding hydrogens is 551 g/mol. The molecule has 230 valence electrons. The van der Waals surface area contributed by atoms with Crippen LogP contribution >= 0.6 is 0 Å². The third-order valence-electron chi connectivity index (χ3n) is 8.07. The first-order valence-electron chi connectivity index (χ1n) is 14.2. The molecule has 2 atom stereocenters. The van der Waals surface area contributed by atoms with Crippen LogP contribution in [0.4, 0.5) is 30.6 Å². The van der Waals surface area contributed by atoms with Crippen molar-refractivity contribution in [2.75, 3.05) is 44.4 Å². The zero-order valence-electron chi connectivity index (χ0n) is 24.5. The summed E-state index contributed by atoms with van der Waals surface area (Å²) in [4.78, 5) is 37.9. The number of carbonyl (C=O) groups excluding carboxylic acids is 2. The Morgan fingerprint density at radius 2 is 1.76 bits per heavy atom. The molecule has 10 nitrogen and oxygen atoms in total. The van der Waals surface area contributed by atoms with Crippen LogP contribution in [0.25, 0.3) is 0 Å². The maximum atomic E-state index is 13.9. The number of likely N-dealkylation sites (tertiary alicyclic amines) is 1. The number of piperidine rings is 1. The predicted molar refractivity (Wildman–Crippen MR) is 153 cm³/mol. The molecule has 2 heterocycles. The van der Waals surface area contributed by atoms with Crippen LogP contribution in [0.1, 0.15) is 61.9 Å². The van der Waals surface area contributed by atoms with Gasteiger partial charge in [-0.2, -0.15) is 18.2 Å². The molecule has 1 saturated carbocycles. The van der Waals surface area contributed by atoms with Crippen LogP contribution in [-0.4, -0.2) is 88.1 Å². The smallest absolute Gasteiger partial charge is 0.394 e. The standard InChI is InChI=1S/C29H40F3N7O3/c1-28(2,17-40)37-25(41)21-6-5-7-23(21)35-24-22(29(30,31)32)16-33-27(36-24)34-19-10-8-18(9-11-19)26(42)39(4)20-12-14-38(3)15-13-20/h8-11,16,20-21,23,40H,5-7,12-15,17H2,1-4H3,(H,37,41)(H2,33,34,35,36)/t21-,23+/m0/s1. The fraction of sp³-hybridized carbons (Fsp3) is 0.586. The SMILES string of the molecule is CN1CCC(N(C)C(=O)c2ccc(Nc3ncc(C(F)(F)F)c(N[C@@H]4CCC[C@@H]4C(=O)NC(C)(C)CO)n3)cc2)CC1. The Balaban J connectivity index is 1.47. The highest BCUT2D eigenvalue weighted by Crippen LogP contribution is 2.37. The number of aromatic nitrogens is 2. The van der Waals surface area contributed by atoms with Gasteiger partial charge in [-0.05, 0) is 83.9 Å². The first-order chi connectivity index (χ1) is 19.8. The molecule has 1 aromatic heterocycles. The quantitative estimate of drug-likeness (QED) is 0.347. The molecule has 1 saturated heterocycles. The Morgan fingerprint density at radius 3 is 2.38 bits per heavy atom. The summed E-state index contributed by atoms with van der Waals surface area (Å²) in [7, 11) is 3.87. The minimum Gasteiger partial charge on any atom is -0.394 e. The van der Waals surface area contributed by atoms with Crippen molar-refractivity contribution in [2.24, 2.45) is 5.92 Å². The van der Waals surface area contributed by atoms with Crippen LogP contribution < -0.4 is 16.0 Å². The minimum atomic E-state index is -4.71. The van der Waals surface area contributed by atoms with Crippen LogP contribution in [0, 0.1) is 5.92 Å². The lowest BCUT2D eigenvalue weighted by Gasteiger charge is -2.35. The molecule has 2 aromatic rings. The molecule has 1 aromatic carbocycles. The van der Waals surface area contributed by atoms with Crippen molar-refractivity contribution in [1.29, 1.82) is 0 Å². The predicted octanol–water partition coefficient (Wildman–Crippen LogP) is 3.87. The molecule has 0 spiro atoms. The van der Waals surface area contributed by atoms with E-state index in [-0.39, 0.29) is 30.4 Å². The van der Waals surface area contributed by atoms with Gasteiger partial charge in [0.25, 0.3) is 5.91 Å². The molecular formula is C29H40F3N7O3. The summed E-state index contributed by atoms with van der Waals surface area (Å²) in [5.74, 6) is -1.49. The molecule has 4 rings (SSSR count). The van der Waals surface area contributed by atoms with E-state index in [1.54, 1.807) is 50.1 Å². The van der Waals surface area contributed by atoms with Crippen LogP contribution in [0.2, 0.25) is 0 Å². The van der Waals surface area contributed by atoms with Crippen molar-refractivity contribution in [3.63, 3.8) is 0 Å². The molecule has 0 unspecified atom stereocenters. The lowest BCUT2D eigenvalue weighted by molar-refractivity contribution is -0.137. The molecule has 42 heavy (non-hydrogen) atoms. The Morgan fingerprint density at radius 1 is 1.10 bits per heavy atom. The number of aliphatic hydroxyl groups is 1. The average molecular weight is 592 g/mol. The van der Waals surface area contributed by atoms with Crippen LogP contribution in [0.15, 0.2) is 30.5 Å². The Kier molecular flexibility index (Phi) is 9.61. The largest absolute Gasteiger partial charge is 0.421 e. The highest BCUT2D eigenvalue weighted by Gasteiger charge is 2.39. The normalized spacial score (nSPS) is 20.3. The monoisotopic (exact) mass is 591 g/mol. The van der Waals surface area contributed by atoms with Gasteiger partial charge in [-0.25, -0.2) is 4.98 Å². The average Bonchev–Trinajstić information content (AvgIpc) is 3.41. The first kappa shape index (κ1) is 31.5. The van der Waals surface area contributed by atoms with Gasteiger partial charge < -0.3 is 30.9 Å². The third-order valence-corrected chi connectivity index (χ3v) is 8.07. The summed E-state index contributed by atoms with van der Waals surface area (Å²) in [6, 6.07) is 6.23. The number of carbonyl (C=O) groups is 2. The topological polar surface area (TPSA) is 123 Å². The van der Waals surface area contributed by atoms with Gasteiger partial charge in [0, 0.05) is 36.6 Å². The maximum absolute atomic E-state index is 13.9. The number of nitrogens with one attached hydrogen (secondary N) is 3. The Labute approximate surface area is 244 Å². The number of alkyl halides is 3. The van der Waals surface area contributed by atoms with Crippen LogP contribution in [-0.2, 0) is 11.0 Å². The minimum absolute atomic E-state index is 0.0616. The number of halogens is 3. The number of nitrogens with zero attached hydrogens (tertiary/aromatic N) is 4. The fourth-order valence-electron chi connectivity index (χ4n) is 5.42. The summed E-state index contributed by atoms with van der Waals surface area (Å²) in [5, 5.41) is 18.0. The zero-order valence-corrected chi connectivity index (χ0v) is 24.5. The second-order valence-corrected chi connectivity index (χ2v) is 11.9. The van der Waals surface area contributed by atoms with Crippen molar-refractivity contribution in [1.82, 2.24) is 25.1 Å². The van der Waals surface area contributed by atoms with Gasteiger partial charge in [0.05, 0.1) is 18.1 Å². The van der Waals surface area contributed by atoms with Crippen molar-refractivity contribution in [3.05, 3.63) is 41.6 Å². The molecule has 4 N–H and O–H groups in total. The highest BCUT2D eigenvalue weighted by atomic mass is 19.4. The van der Waals surface area contributed by atoms with Crippen molar-refractivity contribution in [2.45, 2.75) is 69.8 Å². The molecule has 2 fully saturated rings. The van der Waals surface area contributed by atoms with E-state index >= 15 is 0 Å². The highest BCUT2D eigenvalue weighted by molar-refractivity contribution is 5.94. The van der Waals surface area contributed by atoms with Crippen LogP contribution in [0.3, 0.4) is 0 Å². The van der Waals surface area contributed by atoms with Gasteiger partial charge in [0.2, 0.25) is 11.9 Å². The Bertz CT molecular complexity index is 1250. The lowest BCUT2D eigenvalue weighted by atomic mass is 9.99.